The third-order valence-electron chi connectivity index (χ3n) is 11.9. The predicted molar refractivity (Wildman–Crippen MR) is 136 cm³/mol. The van der Waals surface area contributed by atoms with Crippen LogP contribution in [0.4, 0.5) is 0 Å². The summed E-state index contributed by atoms with van der Waals surface area (Å²) in [5.41, 5.74) is 4.17. The molecule has 9 unspecified atom stereocenters. The molecule has 0 heterocycles. The van der Waals surface area contributed by atoms with Crippen LogP contribution < -0.4 is 0 Å². The summed E-state index contributed by atoms with van der Waals surface area (Å²) in [6, 6.07) is 0. The molecule has 0 aliphatic heterocycles. The number of aliphatic hydroxyl groups is 3. The Morgan fingerprint density at radius 2 is 1.61 bits per heavy atom. The Labute approximate surface area is 202 Å². The molecule has 0 spiro atoms. The van der Waals surface area contributed by atoms with Gasteiger partial charge in [0.1, 0.15) is 0 Å². The Kier molecular flexibility index (Phi) is 6.55. The Morgan fingerprint density at radius 1 is 0.909 bits per heavy atom. The zero-order chi connectivity index (χ0) is 24.4. The maximum atomic E-state index is 11.0. The van der Waals surface area contributed by atoms with Crippen molar-refractivity contribution in [2.45, 2.75) is 112 Å². The van der Waals surface area contributed by atoms with E-state index in [1.54, 1.807) is 11.1 Å². The number of fused-ring (bicyclic) bond motifs is 4. The maximum absolute atomic E-state index is 11.0. The van der Waals surface area contributed by atoms with Crippen LogP contribution in [0.25, 0.3) is 0 Å². The van der Waals surface area contributed by atoms with Gasteiger partial charge >= 0.3 is 0 Å². The molecule has 3 N–H and O–H groups in total. The molecule has 9 atom stereocenters. The van der Waals surface area contributed by atoms with Crippen LogP contribution in [0.3, 0.4) is 0 Å². The van der Waals surface area contributed by atoms with E-state index in [0.717, 1.165) is 12.8 Å². The van der Waals surface area contributed by atoms with Crippen molar-refractivity contribution in [3.8, 4) is 0 Å². The Bertz CT molecular complexity index is 811. The van der Waals surface area contributed by atoms with E-state index in [4.69, 9.17) is 0 Å². The molecule has 0 saturated heterocycles. The Balaban J connectivity index is 1.65. The van der Waals surface area contributed by atoms with Gasteiger partial charge in [0.05, 0.1) is 12.2 Å². The van der Waals surface area contributed by atoms with Crippen molar-refractivity contribution in [1.29, 1.82) is 0 Å². The van der Waals surface area contributed by atoms with Crippen molar-refractivity contribution in [1.82, 2.24) is 0 Å². The van der Waals surface area contributed by atoms with Gasteiger partial charge in [-0.25, -0.2) is 0 Å². The third kappa shape index (κ3) is 3.62. The lowest BCUT2D eigenvalue weighted by molar-refractivity contribution is -0.0967. The normalized spacial score (nSPS) is 45.3. The van der Waals surface area contributed by atoms with Crippen LogP contribution in [0.1, 0.15) is 99.8 Å². The van der Waals surface area contributed by atoms with Crippen LogP contribution in [0, 0.1) is 45.3 Å². The van der Waals surface area contributed by atoms with E-state index < -0.39 is 6.10 Å². The number of hydrogen-bond acceptors (Lipinski definition) is 3. The lowest BCUT2D eigenvalue weighted by atomic mass is 9.43. The van der Waals surface area contributed by atoms with E-state index in [0.29, 0.717) is 11.8 Å². The smallest absolute Gasteiger partial charge is 0.0749 e. The third-order valence-corrected chi connectivity index (χ3v) is 11.9. The van der Waals surface area contributed by atoms with Crippen LogP contribution in [0.2, 0.25) is 0 Å². The van der Waals surface area contributed by atoms with Crippen LogP contribution in [0.15, 0.2) is 23.3 Å². The maximum Gasteiger partial charge on any atom is 0.0749 e. The molecule has 3 heteroatoms. The molecule has 0 aromatic heterocycles. The summed E-state index contributed by atoms with van der Waals surface area (Å²) in [4.78, 5) is 0. The first kappa shape index (κ1) is 25.5. The molecule has 0 aromatic rings. The second-order valence-electron chi connectivity index (χ2n) is 13.6. The summed E-state index contributed by atoms with van der Waals surface area (Å²) in [5.74, 6) is 1.39. The monoisotopic (exact) mass is 458 g/mol. The minimum atomic E-state index is -0.451. The molecule has 33 heavy (non-hydrogen) atoms. The Hall–Kier alpha value is -0.640. The molecule has 0 bridgehead atoms. The van der Waals surface area contributed by atoms with Crippen molar-refractivity contribution in [3.63, 3.8) is 0 Å². The highest BCUT2D eigenvalue weighted by molar-refractivity contribution is 5.38. The standard InChI is InChI=1S/C30H50O3/c1-19(18-31)8-10-24(32)20(2)21-12-16-30(7)23-9-11-25-27(3,4)26(33)14-15-28(25,5)22(23)13-17-29(21,30)6/h8,10,19-21,24-26,31-33H,9,11-18H2,1-7H3. The molecule has 2 saturated carbocycles. The summed E-state index contributed by atoms with van der Waals surface area (Å²) >= 11 is 0. The highest BCUT2D eigenvalue weighted by Gasteiger charge is 2.63. The van der Waals surface area contributed by atoms with Crippen molar-refractivity contribution < 1.29 is 15.3 Å². The molecular formula is C30H50O3. The molecule has 0 radical (unpaired) electrons. The number of hydrogen-bond donors (Lipinski definition) is 3. The molecule has 4 aliphatic carbocycles. The summed E-state index contributed by atoms with van der Waals surface area (Å²) in [6.07, 6.45) is 12.5. The lowest BCUT2D eigenvalue weighted by Gasteiger charge is -2.62. The van der Waals surface area contributed by atoms with Crippen molar-refractivity contribution >= 4 is 0 Å². The quantitative estimate of drug-likeness (QED) is 0.425. The van der Waals surface area contributed by atoms with Crippen molar-refractivity contribution in [2.75, 3.05) is 6.61 Å². The van der Waals surface area contributed by atoms with E-state index in [1.807, 2.05) is 19.1 Å². The average Bonchev–Trinajstić information content (AvgIpc) is 3.05. The van der Waals surface area contributed by atoms with E-state index >= 15 is 0 Å². The predicted octanol–water partition coefficient (Wildman–Crippen LogP) is 6.28. The molecule has 188 valence electrons. The first-order valence-electron chi connectivity index (χ1n) is 13.7. The topological polar surface area (TPSA) is 60.7 Å². The van der Waals surface area contributed by atoms with Crippen LogP contribution >= 0.6 is 0 Å². The average molecular weight is 459 g/mol. The first-order chi connectivity index (χ1) is 15.3. The molecule has 2 fully saturated rings. The minimum Gasteiger partial charge on any atom is -0.396 e. The summed E-state index contributed by atoms with van der Waals surface area (Å²) in [6.45, 7) is 16.6. The van der Waals surface area contributed by atoms with Gasteiger partial charge in [-0.05, 0) is 96.7 Å². The second kappa shape index (κ2) is 8.49. The van der Waals surface area contributed by atoms with Crippen LogP contribution in [-0.2, 0) is 0 Å². The van der Waals surface area contributed by atoms with E-state index in [2.05, 4.69) is 41.5 Å². The first-order valence-corrected chi connectivity index (χ1v) is 13.7. The molecule has 3 nitrogen and oxygen atoms in total. The fourth-order valence-electron chi connectivity index (χ4n) is 9.34. The molecule has 4 aliphatic rings. The zero-order valence-corrected chi connectivity index (χ0v) is 22.3. The Morgan fingerprint density at radius 3 is 2.27 bits per heavy atom. The highest BCUT2D eigenvalue weighted by Crippen LogP contribution is 2.72. The second-order valence-corrected chi connectivity index (χ2v) is 13.6. The van der Waals surface area contributed by atoms with Crippen molar-refractivity contribution in [3.05, 3.63) is 23.3 Å². The van der Waals surface area contributed by atoms with Gasteiger partial charge in [0.15, 0.2) is 0 Å². The van der Waals surface area contributed by atoms with Crippen molar-refractivity contribution in [2.24, 2.45) is 45.3 Å². The molecular weight excluding hydrogens is 408 g/mol. The van der Waals surface area contributed by atoms with E-state index in [1.165, 1.54) is 38.5 Å². The van der Waals surface area contributed by atoms with Gasteiger partial charge in [0, 0.05) is 6.61 Å². The van der Waals surface area contributed by atoms with Gasteiger partial charge < -0.3 is 15.3 Å². The molecule has 0 amide bonds. The summed E-state index contributed by atoms with van der Waals surface area (Å²) in [7, 11) is 0. The number of aliphatic hydroxyl groups excluding tert-OH is 3. The van der Waals surface area contributed by atoms with Gasteiger partial charge in [0.25, 0.3) is 0 Å². The van der Waals surface area contributed by atoms with Gasteiger partial charge in [-0.3, -0.25) is 0 Å². The van der Waals surface area contributed by atoms with Crippen LogP contribution in [0.5, 0.6) is 0 Å². The molecule has 4 rings (SSSR count). The van der Waals surface area contributed by atoms with Gasteiger partial charge in [-0.15, -0.1) is 0 Å². The fourth-order valence-corrected chi connectivity index (χ4v) is 9.34. The highest BCUT2D eigenvalue weighted by atomic mass is 16.3. The van der Waals surface area contributed by atoms with Gasteiger partial charge in [-0.2, -0.15) is 0 Å². The SMILES string of the molecule is CC(C=CC(O)C(C)C1CCC2(C)C3=C(CCC12C)C1(C)CCC(O)C(C)(C)C1CC3)CO. The number of rotatable bonds is 5. The fraction of sp³-hybridized carbons (Fsp3) is 0.867. The largest absolute Gasteiger partial charge is 0.396 e. The minimum absolute atomic E-state index is 0.0118. The summed E-state index contributed by atoms with van der Waals surface area (Å²) < 4.78 is 0. The van der Waals surface area contributed by atoms with Crippen LogP contribution in [-0.4, -0.2) is 34.1 Å². The summed E-state index contributed by atoms with van der Waals surface area (Å²) in [5, 5.41) is 31.2. The van der Waals surface area contributed by atoms with Gasteiger partial charge in [0.2, 0.25) is 0 Å². The zero-order valence-electron chi connectivity index (χ0n) is 22.3. The van der Waals surface area contributed by atoms with E-state index in [9.17, 15) is 15.3 Å². The lowest BCUT2D eigenvalue weighted by Crippen LogP contribution is -2.55. The van der Waals surface area contributed by atoms with E-state index in [-0.39, 0.29) is 46.2 Å². The molecule has 0 aromatic carbocycles. The number of allylic oxidation sites excluding steroid dienone is 2. The van der Waals surface area contributed by atoms with Gasteiger partial charge in [-0.1, -0.05) is 71.8 Å².